The Morgan fingerprint density at radius 1 is 1.12 bits per heavy atom. The third kappa shape index (κ3) is 3.36. The molecule has 5 nitrogen and oxygen atoms in total. The van der Waals surface area contributed by atoms with E-state index in [4.69, 9.17) is 5.11 Å². The number of anilines is 2. The van der Waals surface area contributed by atoms with Crippen LogP contribution in [0.4, 0.5) is 11.5 Å². The number of carbonyl (C=O) groups is 1. The van der Waals surface area contributed by atoms with E-state index in [-0.39, 0.29) is 12.5 Å². The largest absolute Gasteiger partial charge is 0.395 e. The lowest BCUT2D eigenvalue weighted by atomic mass is 9.99. The van der Waals surface area contributed by atoms with Crippen LogP contribution in [-0.2, 0) is 4.79 Å². The summed E-state index contributed by atoms with van der Waals surface area (Å²) < 4.78 is 0. The van der Waals surface area contributed by atoms with Gasteiger partial charge < -0.3 is 15.7 Å². The minimum Gasteiger partial charge on any atom is -0.395 e. The minimum atomic E-state index is -0.0973. The number of aromatic nitrogens is 1. The molecule has 0 fully saturated rings. The maximum atomic E-state index is 11.2. The molecule has 0 atom stereocenters. The van der Waals surface area contributed by atoms with Crippen LogP contribution in [0.1, 0.15) is 6.92 Å². The topological polar surface area (TPSA) is 74.2 Å². The van der Waals surface area contributed by atoms with Gasteiger partial charge in [-0.25, -0.2) is 4.98 Å². The molecule has 0 aliphatic rings. The normalized spacial score (nSPS) is 10.6. The lowest BCUT2D eigenvalue weighted by Crippen LogP contribution is -2.08. The van der Waals surface area contributed by atoms with Crippen molar-refractivity contribution in [3.8, 4) is 11.1 Å². The van der Waals surface area contributed by atoms with Gasteiger partial charge in [0.2, 0.25) is 5.91 Å². The van der Waals surface area contributed by atoms with Crippen LogP contribution < -0.4 is 10.6 Å². The highest BCUT2D eigenvalue weighted by Gasteiger charge is 2.11. The first kappa shape index (κ1) is 16.0. The summed E-state index contributed by atoms with van der Waals surface area (Å²) in [7, 11) is 0. The zero-order valence-electron chi connectivity index (χ0n) is 13.4. The van der Waals surface area contributed by atoms with E-state index in [1.165, 1.54) is 6.92 Å². The van der Waals surface area contributed by atoms with Crippen molar-refractivity contribution in [2.24, 2.45) is 0 Å². The van der Waals surface area contributed by atoms with E-state index in [1.807, 2.05) is 48.7 Å². The number of benzene rings is 2. The standard InChI is InChI=1S/C19H19N3O2/c1-13(24)22-16-8-6-14(7-9-16)18-17-5-3-2-4-15(17)12-21-19(18)20-10-11-23/h2-9,12,23H,10-11H2,1H3,(H,20,21)(H,22,24). The number of hydrogen-bond acceptors (Lipinski definition) is 4. The van der Waals surface area contributed by atoms with Crippen LogP contribution in [0.25, 0.3) is 21.9 Å². The minimum absolute atomic E-state index is 0.0371. The van der Waals surface area contributed by atoms with Gasteiger partial charge in [0, 0.05) is 36.3 Å². The lowest BCUT2D eigenvalue weighted by Gasteiger charge is -2.14. The fourth-order valence-electron chi connectivity index (χ4n) is 2.69. The van der Waals surface area contributed by atoms with Gasteiger partial charge in [-0.1, -0.05) is 36.4 Å². The van der Waals surface area contributed by atoms with E-state index < -0.39 is 0 Å². The molecule has 1 aromatic heterocycles. The van der Waals surface area contributed by atoms with Crippen LogP contribution in [0.2, 0.25) is 0 Å². The number of aliphatic hydroxyl groups is 1. The molecular formula is C19H19N3O2. The Hall–Kier alpha value is -2.92. The Morgan fingerprint density at radius 3 is 2.58 bits per heavy atom. The molecule has 0 saturated carbocycles. The zero-order valence-corrected chi connectivity index (χ0v) is 13.4. The third-order valence-corrected chi connectivity index (χ3v) is 3.70. The summed E-state index contributed by atoms with van der Waals surface area (Å²) in [6.45, 7) is 1.96. The molecule has 0 unspecified atom stereocenters. The van der Waals surface area contributed by atoms with E-state index in [9.17, 15) is 4.79 Å². The van der Waals surface area contributed by atoms with Gasteiger partial charge in [0.15, 0.2) is 0 Å². The number of hydrogen-bond donors (Lipinski definition) is 3. The molecule has 3 aromatic rings. The molecule has 0 radical (unpaired) electrons. The maximum Gasteiger partial charge on any atom is 0.221 e. The van der Waals surface area contributed by atoms with Crippen molar-refractivity contribution < 1.29 is 9.90 Å². The van der Waals surface area contributed by atoms with Gasteiger partial charge in [0.25, 0.3) is 0 Å². The Balaban J connectivity index is 2.09. The summed E-state index contributed by atoms with van der Waals surface area (Å²) in [5.41, 5.74) is 2.73. The smallest absolute Gasteiger partial charge is 0.221 e. The molecule has 1 amide bonds. The van der Waals surface area contributed by atoms with Crippen molar-refractivity contribution in [2.45, 2.75) is 6.92 Å². The van der Waals surface area contributed by atoms with Crippen molar-refractivity contribution in [3.05, 3.63) is 54.7 Å². The number of pyridine rings is 1. The number of rotatable bonds is 5. The summed E-state index contributed by atoms with van der Waals surface area (Å²) in [5, 5.41) is 17.2. The molecular weight excluding hydrogens is 302 g/mol. The average Bonchev–Trinajstić information content (AvgIpc) is 2.60. The second-order valence-electron chi connectivity index (χ2n) is 5.48. The van der Waals surface area contributed by atoms with Crippen molar-refractivity contribution in [2.75, 3.05) is 23.8 Å². The molecule has 3 N–H and O–H groups in total. The Labute approximate surface area is 140 Å². The van der Waals surface area contributed by atoms with Crippen LogP contribution in [0.3, 0.4) is 0 Å². The van der Waals surface area contributed by atoms with Crippen molar-refractivity contribution >= 4 is 28.2 Å². The highest BCUT2D eigenvalue weighted by Crippen LogP contribution is 2.34. The number of nitrogens with one attached hydrogen (secondary N) is 2. The summed E-state index contributed by atoms with van der Waals surface area (Å²) >= 11 is 0. The molecule has 0 spiro atoms. The van der Waals surface area contributed by atoms with Crippen LogP contribution in [0.5, 0.6) is 0 Å². The quantitative estimate of drug-likeness (QED) is 0.674. The van der Waals surface area contributed by atoms with Gasteiger partial charge in [0.05, 0.1) is 6.61 Å². The Morgan fingerprint density at radius 2 is 1.88 bits per heavy atom. The van der Waals surface area contributed by atoms with Gasteiger partial charge in [-0.3, -0.25) is 4.79 Å². The molecule has 24 heavy (non-hydrogen) atoms. The maximum absolute atomic E-state index is 11.2. The highest BCUT2D eigenvalue weighted by molar-refractivity contribution is 6.01. The Bertz CT molecular complexity index is 860. The second kappa shape index (κ2) is 7.10. The summed E-state index contributed by atoms with van der Waals surface area (Å²) in [6, 6.07) is 15.7. The molecule has 1 heterocycles. The number of nitrogens with zero attached hydrogens (tertiary/aromatic N) is 1. The predicted molar refractivity (Wildman–Crippen MR) is 97.1 cm³/mol. The first-order valence-electron chi connectivity index (χ1n) is 7.79. The monoisotopic (exact) mass is 321 g/mol. The van der Waals surface area contributed by atoms with E-state index in [2.05, 4.69) is 21.7 Å². The SMILES string of the molecule is CC(=O)Nc1ccc(-c2c(NCCO)ncc3ccccc23)cc1. The molecule has 122 valence electrons. The number of amides is 1. The number of carbonyl (C=O) groups excluding carboxylic acids is 1. The van der Waals surface area contributed by atoms with Gasteiger partial charge >= 0.3 is 0 Å². The van der Waals surface area contributed by atoms with E-state index in [0.717, 1.165) is 33.4 Å². The second-order valence-corrected chi connectivity index (χ2v) is 5.48. The van der Waals surface area contributed by atoms with Crippen LogP contribution in [0.15, 0.2) is 54.7 Å². The van der Waals surface area contributed by atoms with Crippen LogP contribution in [0, 0.1) is 0 Å². The number of aliphatic hydroxyl groups excluding tert-OH is 1. The molecule has 0 saturated heterocycles. The van der Waals surface area contributed by atoms with E-state index in [1.54, 1.807) is 0 Å². The summed E-state index contributed by atoms with van der Waals surface area (Å²) in [4.78, 5) is 15.7. The molecule has 2 aromatic carbocycles. The lowest BCUT2D eigenvalue weighted by molar-refractivity contribution is -0.114. The molecule has 3 rings (SSSR count). The molecule has 5 heteroatoms. The zero-order chi connectivity index (χ0) is 16.9. The van der Waals surface area contributed by atoms with E-state index >= 15 is 0 Å². The highest BCUT2D eigenvalue weighted by atomic mass is 16.3. The first-order valence-corrected chi connectivity index (χ1v) is 7.79. The van der Waals surface area contributed by atoms with Crippen molar-refractivity contribution in [1.29, 1.82) is 0 Å². The third-order valence-electron chi connectivity index (χ3n) is 3.70. The number of fused-ring (bicyclic) bond motifs is 1. The average molecular weight is 321 g/mol. The van der Waals surface area contributed by atoms with Gasteiger partial charge in [-0.15, -0.1) is 0 Å². The van der Waals surface area contributed by atoms with Crippen LogP contribution >= 0.6 is 0 Å². The van der Waals surface area contributed by atoms with Gasteiger partial charge in [-0.2, -0.15) is 0 Å². The van der Waals surface area contributed by atoms with Crippen molar-refractivity contribution in [1.82, 2.24) is 4.98 Å². The summed E-state index contributed by atoms with van der Waals surface area (Å²) in [6.07, 6.45) is 1.82. The first-order chi connectivity index (χ1) is 11.7. The molecule has 0 bridgehead atoms. The molecule has 0 aliphatic carbocycles. The summed E-state index contributed by atoms with van der Waals surface area (Å²) in [5.74, 6) is 0.634. The van der Waals surface area contributed by atoms with Gasteiger partial charge in [-0.05, 0) is 23.1 Å². The molecule has 0 aliphatic heterocycles. The fourth-order valence-corrected chi connectivity index (χ4v) is 2.69. The fraction of sp³-hybridized carbons (Fsp3) is 0.158. The van der Waals surface area contributed by atoms with E-state index in [0.29, 0.717) is 6.54 Å². The van der Waals surface area contributed by atoms with Crippen LogP contribution in [-0.4, -0.2) is 29.1 Å². The predicted octanol–water partition coefficient (Wildman–Crippen LogP) is 3.26. The Kier molecular flexibility index (Phi) is 4.72. The van der Waals surface area contributed by atoms with Crippen molar-refractivity contribution in [3.63, 3.8) is 0 Å². The van der Waals surface area contributed by atoms with Gasteiger partial charge in [0.1, 0.15) is 5.82 Å².